The minimum Gasteiger partial charge on any atom is -0.460 e. The molecule has 2 amide bonds. The van der Waals surface area contributed by atoms with E-state index in [0.29, 0.717) is 6.42 Å². The molecule has 0 spiro atoms. The molecule has 2 atom stereocenters. The number of carbonyl (C=O) groups is 3. The van der Waals surface area contributed by atoms with E-state index in [1.807, 2.05) is 66.7 Å². The number of rotatable bonds is 11. The molecule has 216 valence electrons. The van der Waals surface area contributed by atoms with E-state index >= 15 is 0 Å². The van der Waals surface area contributed by atoms with E-state index in [9.17, 15) is 19.5 Å². The Morgan fingerprint density at radius 2 is 1.44 bits per heavy atom. The Hall–Kier alpha value is -4.17. The van der Waals surface area contributed by atoms with Gasteiger partial charge in [0.2, 0.25) is 5.91 Å². The van der Waals surface area contributed by atoms with Crippen molar-refractivity contribution >= 4 is 18.0 Å². The van der Waals surface area contributed by atoms with Gasteiger partial charge in [-0.25, -0.2) is 4.79 Å². The predicted molar refractivity (Wildman–Crippen MR) is 156 cm³/mol. The van der Waals surface area contributed by atoms with Crippen LogP contribution in [0.3, 0.4) is 0 Å². The Balaban J connectivity index is 1.42. The molecule has 0 heterocycles. The van der Waals surface area contributed by atoms with E-state index in [1.54, 1.807) is 20.8 Å². The van der Waals surface area contributed by atoms with Gasteiger partial charge in [0, 0.05) is 12.3 Å². The number of benzene rings is 3. The van der Waals surface area contributed by atoms with Crippen molar-refractivity contribution in [2.45, 2.75) is 63.6 Å². The molecule has 0 fully saturated rings. The highest BCUT2D eigenvalue weighted by Crippen LogP contribution is 2.44. The van der Waals surface area contributed by atoms with Crippen molar-refractivity contribution in [3.63, 3.8) is 0 Å². The lowest BCUT2D eigenvalue weighted by Gasteiger charge is -2.24. The summed E-state index contributed by atoms with van der Waals surface area (Å²) in [5.74, 6) is -1.13. The number of aliphatic hydroxyl groups excluding tert-OH is 1. The third-order valence-electron chi connectivity index (χ3n) is 6.90. The van der Waals surface area contributed by atoms with Crippen LogP contribution >= 0.6 is 0 Å². The molecule has 1 unspecified atom stereocenters. The Morgan fingerprint density at radius 1 is 0.854 bits per heavy atom. The topological polar surface area (TPSA) is 114 Å². The zero-order valence-corrected chi connectivity index (χ0v) is 23.8. The molecular weight excluding hydrogens is 520 g/mol. The number of ether oxygens (including phenoxy) is 2. The largest absolute Gasteiger partial charge is 0.460 e. The summed E-state index contributed by atoms with van der Waals surface area (Å²) < 4.78 is 11.0. The van der Waals surface area contributed by atoms with Gasteiger partial charge in [-0.2, -0.15) is 0 Å². The lowest BCUT2D eigenvalue weighted by Crippen LogP contribution is -2.51. The SMILES string of the molecule is CC(C)(C)OC(=O)CCC(NC(=O)OCC1c2ccccc2-c2ccccc21)C(=O)N[C@H](CO)Cc1ccccc1. The van der Waals surface area contributed by atoms with Crippen LogP contribution in [0.4, 0.5) is 4.79 Å². The Morgan fingerprint density at radius 3 is 2.02 bits per heavy atom. The molecule has 0 bridgehead atoms. The average Bonchev–Trinajstić information content (AvgIpc) is 3.27. The quantitative estimate of drug-likeness (QED) is 0.293. The summed E-state index contributed by atoms with van der Waals surface area (Å²) >= 11 is 0. The van der Waals surface area contributed by atoms with Gasteiger partial charge in [-0.3, -0.25) is 9.59 Å². The van der Waals surface area contributed by atoms with Crippen LogP contribution in [0.2, 0.25) is 0 Å². The second kappa shape index (κ2) is 13.5. The molecular formula is C33H38N2O6. The van der Waals surface area contributed by atoms with E-state index < -0.39 is 35.7 Å². The molecule has 0 aliphatic heterocycles. The highest BCUT2D eigenvalue weighted by atomic mass is 16.6. The summed E-state index contributed by atoms with van der Waals surface area (Å²) in [5.41, 5.74) is 4.65. The van der Waals surface area contributed by atoms with Crippen molar-refractivity contribution in [3.8, 4) is 11.1 Å². The van der Waals surface area contributed by atoms with Crippen LogP contribution < -0.4 is 10.6 Å². The van der Waals surface area contributed by atoms with Gasteiger partial charge in [-0.05, 0) is 61.4 Å². The first-order chi connectivity index (χ1) is 19.6. The first kappa shape index (κ1) is 29.8. The summed E-state index contributed by atoms with van der Waals surface area (Å²) in [6.45, 7) is 5.09. The third-order valence-corrected chi connectivity index (χ3v) is 6.90. The maximum Gasteiger partial charge on any atom is 0.407 e. The molecule has 8 nitrogen and oxygen atoms in total. The van der Waals surface area contributed by atoms with E-state index in [4.69, 9.17) is 9.47 Å². The minimum absolute atomic E-state index is 0.00836. The number of aliphatic hydroxyl groups is 1. The van der Waals surface area contributed by atoms with Crippen LogP contribution in [-0.4, -0.2) is 54.0 Å². The molecule has 3 N–H and O–H groups in total. The average molecular weight is 559 g/mol. The molecule has 41 heavy (non-hydrogen) atoms. The van der Waals surface area contributed by atoms with Crippen molar-refractivity contribution < 1.29 is 29.0 Å². The highest BCUT2D eigenvalue weighted by Gasteiger charge is 2.30. The Labute approximate surface area is 241 Å². The van der Waals surface area contributed by atoms with Crippen LogP contribution in [-0.2, 0) is 25.5 Å². The first-order valence-corrected chi connectivity index (χ1v) is 13.9. The van der Waals surface area contributed by atoms with Gasteiger partial charge in [0.05, 0.1) is 12.6 Å². The fourth-order valence-corrected chi connectivity index (χ4v) is 5.07. The second-order valence-electron chi connectivity index (χ2n) is 11.2. The summed E-state index contributed by atoms with van der Waals surface area (Å²) in [4.78, 5) is 38.6. The maximum absolute atomic E-state index is 13.3. The summed E-state index contributed by atoms with van der Waals surface area (Å²) in [7, 11) is 0. The number of carbonyl (C=O) groups excluding carboxylic acids is 3. The van der Waals surface area contributed by atoms with Crippen LogP contribution in [0.1, 0.15) is 56.2 Å². The fourth-order valence-electron chi connectivity index (χ4n) is 5.07. The molecule has 8 heteroatoms. The van der Waals surface area contributed by atoms with Crippen molar-refractivity contribution in [2.24, 2.45) is 0 Å². The molecule has 3 aromatic rings. The smallest absolute Gasteiger partial charge is 0.407 e. The van der Waals surface area contributed by atoms with E-state index in [0.717, 1.165) is 27.8 Å². The van der Waals surface area contributed by atoms with Gasteiger partial charge in [-0.1, -0.05) is 78.9 Å². The van der Waals surface area contributed by atoms with E-state index in [2.05, 4.69) is 22.8 Å². The lowest BCUT2D eigenvalue weighted by molar-refractivity contribution is -0.155. The highest BCUT2D eigenvalue weighted by molar-refractivity contribution is 5.86. The van der Waals surface area contributed by atoms with Crippen LogP contribution in [0, 0.1) is 0 Å². The fraction of sp³-hybridized carbons (Fsp3) is 0.364. The molecule has 0 aromatic heterocycles. The Kier molecular flexibility index (Phi) is 9.78. The zero-order valence-electron chi connectivity index (χ0n) is 23.8. The second-order valence-corrected chi connectivity index (χ2v) is 11.2. The molecule has 4 rings (SSSR count). The normalized spacial score (nSPS) is 13.9. The standard InChI is InChI=1S/C33H38N2O6/c1-33(2,3)41-30(37)18-17-29(31(38)34-23(20-36)19-22-11-5-4-6-12-22)35-32(39)40-21-28-26-15-9-7-13-24(26)25-14-8-10-16-27(25)28/h4-16,23,28-29,36H,17-21H2,1-3H3,(H,34,38)(H,35,39)/t23-,29?/m0/s1. The van der Waals surface area contributed by atoms with Gasteiger partial charge >= 0.3 is 12.1 Å². The monoisotopic (exact) mass is 558 g/mol. The third kappa shape index (κ3) is 8.17. The zero-order chi connectivity index (χ0) is 29.4. The summed E-state index contributed by atoms with van der Waals surface area (Å²) in [5, 5.41) is 15.4. The van der Waals surface area contributed by atoms with Crippen LogP contribution in [0.5, 0.6) is 0 Å². The minimum atomic E-state index is -1.07. The molecule has 0 saturated heterocycles. The number of fused-ring (bicyclic) bond motifs is 3. The van der Waals surface area contributed by atoms with Gasteiger partial charge in [-0.15, -0.1) is 0 Å². The van der Waals surface area contributed by atoms with Crippen LogP contribution in [0.15, 0.2) is 78.9 Å². The molecule has 0 radical (unpaired) electrons. The van der Waals surface area contributed by atoms with Crippen molar-refractivity contribution in [1.82, 2.24) is 10.6 Å². The van der Waals surface area contributed by atoms with Gasteiger partial charge < -0.3 is 25.2 Å². The lowest BCUT2D eigenvalue weighted by atomic mass is 9.98. The number of amides is 2. The molecule has 0 saturated carbocycles. The molecule has 3 aromatic carbocycles. The van der Waals surface area contributed by atoms with Crippen molar-refractivity contribution in [1.29, 1.82) is 0 Å². The number of hydrogen-bond donors (Lipinski definition) is 3. The van der Waals surface area contributed by atoms with E-state index in [1.165, 1.54) is 0 Å². The summed E-state index contributed by atoms with van der Waals surface area (Å²) in [6, 6.07) is 23.9. The number of alkyl carbamates (subject to hydrolysis) is 1. The number of esters is 1. The van der Waals surface area contributed by atoms with Gasteiger partial charge in [0.25, 0.3) is 0 Å². The Bertz CT molecular complexity index is 1310. The number of nitrogens with one attached hydrogen (secondary N) is 2. The predicted octanol–water partition coefficient (Wildman–Crippen LogP) is 4.74. The van der Waals surface area contributed by atoms with E-state index in [-0.39, 0.29) is 32.0 Å². The maximum atomic E-state index is 13.3. The van der Waals surface area contributed by atoms with Crippen LogP contribution in [0.25, 0.3) is 11.1 Å². The first-order valence-electron chi connectivity index (χ1n) is 13.9. The van der Waals surface area contributed by atoms with Crippen molar-refractivity contribution in [3.05, 3.63) is 95.6 Å². The molecule has 1 aliphatic rings. The van der Waals surface area contributed by atoms with Crippen molar-refractivity contribution in [2.75, 3.05) is 13.2 Å². The van der Waals surface area contributed by atoms with Gasteiger partial charge in [0.15, 0.2) is 0 Å². The summed E-state index contributed by atoms with van der Waals surface area (Å²) in [6.07, 6.45) is -0.428. The van der Waals surface area contributed by atoms with Gasteiger partial charge in [0.1, 0.15) is 18.2 Å². The number of hydrogen-bond acceptors (Lipinski definition) is 6. The molecule has 1 aliphatic carbocycles.